The summed E-state index contributed by atoms with van der Waals surface area (Å²) in [5, 5.41) is 11.3. The predicted octanol–water partition coefficient (Wildman–Crippen LogP) is 3.93. The Morgan fingerprint density at radius 2 is 1.90 bits per heavy atom. The first-order valence-corrected chi connectivity index (χ1v) is 10.1. The van der Waals surface area contributed by atoms with Crippen molar-refractivity contribution in [1.29, 1.82) is 0 Å². The summed E-state index contributed by atoms with van der Waals surface area (Å²) >= 11 is 0. The summed E-state index contributed by atoms with van der Waals surface area (Å²) in [5.41, 5.74) is 1.30. The van der Waals surface area contributed by atoms with Crippen molar-refractivity contribution in [3.8, 4) is 0 Å². The quantitative estimate of drug-likeness (QED) is 0.347. The first-order valence-electron chi connectivity index (χ1n) is 10.1. The maximum absolute atomic E-state index is 13.0. The molecule has 160 valence electrons. The Kier molecular flexibility index (Phi) is 5.66. The lowest BCUT2D eigenvalue weighted by molar-refractivity contribution is -0.384. The third-order valence-corrected chi connectivity index (χ3v) is 5.33. The number of amides is 1. The van der Waals surface area contributed by atoms with Crippen molar-refractivity contribution in [1.82, 2.24) is 9.88 Å². The molecular formula is C22H21N3O6. The molecule has 0 spiro atoms. The first-order chi connectivity index (χ1) is 15.0. The molecule has 2 aromatic carbocycles. The number of non-ortho nitro benzene ring substituents is 1. The number of nitro benzene ring substituents is 1. The van der Waals surface area contributed by atoms with E-state index in [1.807, 2.05) is 24.3 Å². The number of likely N-dealkylation sites (tertiary alicyclic amines) is 1. The van der Waals surface area contributed by atoms with E-state index in [2.05, 4.69) is 4.98 Å². The standard InChI is InChI=1S/C22H21N3O6/c1-2-30-22(27)16-11-15(12-17(13-16)25(28)29)21(26)24-9-7-14(8-10-24)20-23-18-5-3-4-6-19(18)31-20/h3-6,11-14H,2,7-10H2,1H3. The highest BCUT2D eigenvalue weighted by Crippen LogP contribution is 2.31. The highest BCUT2D eigenvalue weighted by molar-refractivity contribution is 5.99. The summed E-state index contributed by atoms with van der Waals surface area (Å²) in [6.45, 7) is 2.69. The molecule has 0 atom stereocenters. The second-order valence-corrected chi connectivity index (χ2v) is 7.33. The van der Waals surface area contributed by atoms with E-state index in [-0.39, 0.29) is 35.2 Å². The van der Waals surface area contributed by atoms with Crippen LogP contribution in [0.3, 0.4) is 0 Å². The zero-order valence-electron chi connectivity index (χ0n) is 16.9. The zero-order chi connectivity index (χ0) is 22.0. The molecule has 9 heteroatoms. The number of aromatic nitrogens is 1. The van der Waals surface area contributed by atoms with Gasteiger partial charge in [0.1, 0.15) is 5.52 Å². The summed E-state index contributed by atoms with van der Waals surface area (Å²) in [7, 11) is 0. The minimum atomic E-state index is -0.699. The van der Waals surface area contributed by atoms with E-state index in [1.54, 1.807) is 11.8 Å². The number of nitrogens with zero attached hydrogens (tertiary/aromatic N) is 3. The second-order valence-electron chi connectivity index (χ2n) is 7.33. The van der Waals surface area contributed by atoms with E-state index in [0.29, 0.717) is 31.8 Å². The Balaban J connectivity index is 1.50. The SMILES string of the molecule is CCOC(=O)c1cc(C(=O)N2CCC(c3nc4ccccc4o3)CC2)cc([N+](=O)[O-])c1. The van der Waals surface area contributed by atoms with E-state index in [4.69, 9.17) is 9.15 Å². The van der Waals surface area contributed by atoms with Gasteiger partial charge in [0.05, 0.1) is 17.1 Å². The molecule has 0 unspecified atom stereocenters. The van der Waals surface area contributed by atoms with Crippen molar-refractivity contribution in [2.45, 2.75) is 25.7 Å². The lowest BCUT2D eigenvalue weighted by Gasteiger charge is -2.30. The Hall–Kier alpha value is -3.75. The van der Waals surface area contributed by atoms with Gasteiger partial charge >= 0.3 is 5.97 Å². The van der Waals surface area contributed by atoms with Crippen LogP contribution in [-0.2, 0) is 4.74 Å². The number of para-hydroxylation sites is 2. The van der Waals surface area contributed by atoms with Gasteiger partial charge in [-0.25, -0.2) is 9.78 Å². The Morgan fingerprint density at radius 1 is 1.19 bits per heavy atom. The van der Waals surface area contributed by atoms with Gasteiger partial charge in [-0.15, -0.1) is 0 Å². The average Bonchev–Trinajstić information content (AvgIpc) is 3.23. The van der Waals surface area contributed by atoms with E-state index >= 15 is 0 Å². The number of carbonyl (C=O) groups is 2. The number of esters is 1. The minimum absolute atomic E-state index is 0.0132. The summed E-state index contributed by atoms with van der Waals surface area (Å²) in [5.74, 6) is -0.301. The van der Waals surface area contributed by atoms with Crippen molar-refractivity contribution in [2.24, 2.45) is 0 Å². The van der Waals surface area contributed by atoms with Crippen LogP contribution in [0, 0.1) is 10.1 Å². The number of benzene rings is 2. The second kappa shape index (κ2) is 8.55. The largest absolute Gasteiger partial charge is 0.462 e. The first kappa shape index (κ1) is 20.5. The maximum Gasteiger partial charge on any atom is 0.338 e. The molecule has 1 amide bonds. The number of hydrogen-bond acceptors (Lipinski definition) is 7. The third kappa shape index (κ3) is 4.25. The third-order valence-electron chi connectivity index (χ3n) is 5.33. The van der Waals surface area contributed by atoms with Crippen LogP contribution in [0.2, 0.25) is 0 Å². The van der Waals surface area contributed by atoms with Gasteiger partial charge in [0.15, 0.2) is 11.5 Å². The monoisotopic (exact) mass is 423 g/mol. The summed E-state index contributed by atoms with van der Waals surface area (Å²) in [4.78, 5) is 41.9. The van der Waals surface area contributed by atoms with E-state index < -0.39 is 10.9 Å². The van der Waals surface area contributed by atoms with Crippen LogP contribution in [0.15, 0.2) is 46.9 Å². The fraction of sp³-hybridized carbons (Fsp3) is 0.318. The van der Waals surface area contributed by atoms with Gasteiger partial charge in [-0.2, -0.15) is 0 Å². The number of carbonyl (C=O) groups excluding carboxylic acids is 2. The van der Waals surface area contributed by atoms with Gasteiger partial charge in [0, 0.05) is 36.7 Å². The summed E-state index contributed by atoms with van der Waals surface area (Å²) in [6, 6.07) is 11.2. The smallest absolute Gasteiger partial charge is 0.338 e. The van der Waals surface area contributed by atoms with Crippen molar-refractivity contribution in [3.63, 3.8) is 0 Å². The highest BCUT2D eigenvalue weighted by Gasteiger charge is 2.29. The number of fused-ring (bicyclic) bond motifs is 1. The fourth-order valence-corrected chi connectivity index (χ4v) is 3.75. The summed E-state index contributed by atoms with van der Waals surface area (Å²) in [6.07, 6.45) is 1.33. The van der Waals surface area contributed by atoms with Crippen LogP contribution in [0.1, 0.15) is 52.3 Å². The molecular weight excluding hydrogens is 402 g/mol. The van der Waals surface area contributed by atoms with Gasteiger partial charge in [0.2, 0.25) is 0 Å². The lowest BCUT2D eigenvalue weighted by Crippen LogP contribution is -2.38. The van der Waals surface area contributed by atoms with Crippen LogP contribution in [0.4, 0.5) is 5.69 Å². The average molecular weight is 423 g/mol. The molecule has 1 fully saturated rings. The molecule has 31 heavy (non-hydrogen) atoms. The number of oxazole rings is 1. The van der Waals surface area contributed by atoms with Crippen LogP contribution < -0.4 is 0 Å². The number of hydrogen-bond donors (Lipinski definition) is 0. The lowest BCUT2D eigenvalue weighted by atomic mass is 9.96. The number of rotatable bonds is 5. The minimum Gasteiger partial charge on any atom is -0.462 e. The maximum atomic E-state index is 13.0. The van der Waals surface area contributed by atoms with Gasteiger partial charge in [-0.05, 0) is 38.0 Å². The molecule has 1 aliphatic rings. The topological polar surface area (TPSA) is 116 Å². The zero-order valence-corrected chi connectivity index (χ0v) is 16.9. The van der Waals surface area contributed by atoms with Crippen LogP contribution in [0.5, 0.6) is 0 Å². The van der Waals surface area contributed by atoms with Gasteiger partial charge in [0.25, 0.3) is 11.6 Å². The van der Waals surface area contributed by atoms with Gasteiger partial charge in [-0.1, -0.05) is 12.1 Å². The van der Waals surface area contributed by atoms with Crippen molar-refractivity contribution in [2.75, 3.05) is 19.7 Å². The molecule has 0 saturated carbocycles. The molecule has 0 N–H and O–H groups in total. The summed E-state index contributed by atoms with van der Waals surface area (Å²) < 4.78 is 10.8. The molecule has 1 aromatic heterocycles. The van der Waals surface area contributed by atoms with Crippen LogP contribution >= 0.6 is 0 Å². The van der Waals surface area contributed by atoms with Crippen molar-refractivity contribution >= 4 is 28.7 Å². The normalized spacial score (nSPS) is 14.5. The molecule has 9 nitrogen and oxygen atoms in total. The van der Waals surface area contributed by atoms with Gasteiger partial charge < -0.3 is 14.1 Å². The molecule has 4 rings (SSSR count). The fourth-order valence-electron chi connectivity index (χ4n) is 3.75. The van der Waals surface area contributed by atoms with Crippen LogP contribution in [0.25, 0.3) is 11.1 Å². The Labute approximate surface area is 177 Å². The molecule has 0 bridgehead atoms. The molecule has 2 heterocycles. The molecule has 0 aliphatic carbocycles. The number of piperidine rings is 1. The van der Waals surface area contributed by atoms with Crippen molar-refractivity contribution in [3.05, 3.63) is 69.6 Å². The number of nitro groups is 1. The van der Waals surface area contributed by atoms with E-state index in [1.165, 1.54) is 12.1 Å². The molecule has 1 aliphatic heterocycles. The molecule has 0 radical (unpaired) electrons. The predicted molar refractivity (Wildman–Crippen MR) is 111 cm³/mol. The number of ether oxygens (including phenoxy) is 1. The Morgan fingerprint density at radius 3 is 2.58 bits per heavy atom. The van der Waals surface area contributed by atoms with Crippen molar-refractivity contribution < 1.29 is 23.7 Å². The van der Waals surface area contributed by atoms with E-state index in [0.717, 1.165) is 17.2 Å². The van der Waals surface area contributed by atoms with Crippen LogP contribution in [-0.4, -0.2) is 46.4 Å². The van der Waals surface area contributed by atoms with E-state index in [9.17, 15) is 19.7 Å². The van der Waals surface area contributed by atoms with Gasteiger partial charge in [-0.3, -0.25) is 14.9 Å². The molecule has 3 aromatic rings. The highest BCUT2D eigenvalue weighted by atomic mass is 16.6. The molecule has 1 saturated heterocycles. The Bertz CT molecular complexity index is 1110.